The predicted octanol–water partition coefficient (Wildman–Crippen LogP) is -0.359. The number of carboxylic acid groups (broad SMARTS) is 1. The smallest absolute Gasteiger partial charge is 0.404 e. The van der Waals surface area contributed by atoms with Gasteiger partial charge in [0.15, 0.2) is 0 Å². The lowest BCUT2D eigenvalue weighted by atomic mass is 10.3. The summed E-state index contributed by atoms with van der Waals surface area (Å²) in [6, 6.07) is 0. The molecular formula is C9H12N2O6. The maximum atomic E-state index is 11.3. The Morgan fingerprint density at radius 3 is 2.65 bits per heavy atom. The largest absolute Gasteiger partial charge is 0.465 e. The van der Waals surface area contributed by atoms with Gasteiger partial charge < -0.3 is 15.3 Å². The van der Waals surface area contributed by atoms with E-state index < -0.39 is 23.9 Å². The van der Waals surface area contributed by atoms with Gasteiger partial charge in [-0.25, -0.2) is 9.59 Å². The van der Waals surface area contributed by atoms with E-state index in [1.807, 2.05) is 0 Å². The van der Waals surface area contributed by atoms with Gasteiger partial charge in [0, 0.05) is 25.8 Å². The van der Waals surface area contributed by atoms with Crippen molar-refractivity contribution in [3.05, 3.63) is 0 Å². The van der Waals surface area contributed by atoms with E-state index in [-0.39, 0.29) is 32.2 Å². The van der Waals surface area contributed by atoms with E-state index in [1.54, 1.807) is 0 Å². The van der Waals surface area contributed by atoms with Crippen LogP contribution in [0.3, 0.4) is 0 Å². The molecule has 1 aliphatic rings. The monoisotopic (exact) mass is 245 g/mol. The topological polar surface area (TPSA) is 113 Å². The third-order valence-electron chi connectivity index (χ3n) is 2.03. The van der Waals surface area contributed by atoms with Gasteiger partial charge in [0.2, 0.25) is 0 Å². The van der Waals surface area contributed by atoms with Gasteiger partial charge in [-0.15, -0.1) is 5.06 Å². The van der Waals surface area contributed by atoms with Crippen LogP contribution in [0.4, 0.5) is 4.79 Å². The molecule has 0 aromatic rings. The van der Waals surface area contributed by atoms with E-state index in [2.05, 4.69) is 15.3 Å². The molecule has 1 fully saturated rings. The standard InChI is InChI=1S/C9H12N2O6/c12-6-3-4-7(13)11(6)17-8(14)2-1-5-10-9(15)16/h10H,1-5H2,(H,15,16)/i/hD. The molecule has 0 aromatic heterocycles. The molecule has 1 aliphatic heterocycles. The highest BCUT2D eigenvalue weighted by Gasteiger charge is 2.32. The zero-order valence-corrected chi connectivity index (χ0v) is 8.93. The van der Waals surface area contributed by atoms with Crippen LogP contribution in [0.1, 0.15) is 25.7 Å². The molecule has 0 radical (unpaired) electrons. The van der Waals surface area contributed by atoms with Crippen molar-refractivity contribution in [2.75, 3.05) is 6.54 Å². The lowest BCUT2D eigenvalue weighted by Crippen LogP contribution is -2.32. The molecule has 17 heavy (non-hydrogen) atoms. The van der Waals surface area contributed by atoms with E-state index in [1.165, 1.54) is 0 Å². The van der Waals surface area contributed by atoms with Gasteiger partial charge in [0.05, 0.1) is 0 Å². The van der Waals surface area contributed by atoms with Crippen LogP contribution in [0.5, 0.6) is 0 Å². The van der Waals surface area contributed by atoms with Crippen LogP contribution in [0.25, 0.3) is 1.43 Å². The molecule has 0 bridgehead atoms. The second-order valence-electron chi connectivity index (χ2n) is 3.36. The minimum Gasteiger partial charge on any atom is -0.465 e. The number of hydrogen-bond acceptors (Lipinski definition) is 6. The van der Waals surface area contributed by atoms with Gasteiger partial charge in [-0.05, 0) is 6.42 Å². The van der Waals surface area contributed by atoms with Crippen LogP contribution in [0.15, 0.2) is 0 Å². The second kappa shape index (κ2) is 5.83. The first kappa shape index (κ1) is 11.4. The number of imide groups is 1. The lowest BCUT2D eigenvalue weighted by molar-refractivity contribution is -0.197. The molecule has 0 unspecified atom stereocenters. The highest BCUT2D eigenvalue weighted by Crippen LogP contribution is 2.12. The molecule has 8 heteroatoms. The van der Waals surface area contributed by atoms with Crippen LogP contribution in [0, 0.1) is 0 Å². The van der Waals surface area contributed by atoms with Crippen molar-refractivity contribution in [2.24, 2.45) is 0 Å². The molecule has 1 heterocycles. The Labute approximate surface area is 98.0 Å². The summed E-state index contributed by atoms with van der Waals surface area (Å²) in [5, 5.41) is 6.24. The van der Waals surface area contributed by atoms with Crippen molar-refractivity contribution in [1.29, 1.82) is 1.43 Å². The van der Waals surface area contributed by atoms with Gasteiger partial charge in [-0.1, -0.05) is 0 Å². The number of rotatable bonds is 5. The van der Waals surface area contributed by atoms with E-state index in [4.69, 9.17) is 1.43 Å². The molecule has 0 aromatic carbocycles. The molecule has 2 N–H and O–H groups in total. The second-order valence-corrected chi connectivity index (χ2v) is 3.36. The molecule has 1 rings (SSSR count). The molecule has 3 amide bonds. The molecule has 0 atom stereocenters. The highest BCUT2D eigenvalue weighted by molar-refractivity contribution is 6.01. The molecular weight excluding hydrogens is 232 g/mol. The number of amides is 3. The molecule has 8 nitrogen and oxygen atoms in total. The molecule has 94 valence electrons. The number of hydrogen-bond donors (Lipinski definition) is 2. The zero-order chi connectivity index (χ0) is 13.5. The maximum absolute atomic E-state index is 11.3. The average molecular weight is 245 g/mol. The van der Waals surface area contributed by atoms with E-state index in [0.717, 1.165) is 0 Å². The lowest BCUT2D eigenvalue weighted by Gasteiger charge is -2.12. The number of carbonyl (C=O) groups is 4. The van der Waals surface area contributed by atoms with Gasteiger partial charge in [0.25, 0.3) is 13.2 Å². The molecule has 1 saturated heterocycles. The van der Waals surface area contributed by atoms with Crippen LogP contribution in [-0.4, -0.2) is 40.6 Å². The number of nitrogens with one attached hydrogen (secondary N) is 1. The molecule has 0 spiro atoms. The number of nitrogens with zero attached hydrogens (tertiary/aromatic N) is 1. The SMILES string of the molecule is [2H]OC(=O)NCCCC(=O)ON1C(=O)CCC1=O. The van der Waals surface area contributed by atoms with Gasteiger partial charge >= 0.3 is 12.1 Å². The van der Waals surface area contributed by atoms with Crippen molar-refractivity contribution < 1.29 is 29.1 Å². The summed E-state index contributed by atoms with van der Waals surface area (Å²) in [6.07, 6.45) is -0.667. The summed E-state index contributed by atoms with van der Waals surface area (Å²) in [6.45, 7) is 0.120. The van der Waals surface area contributed by atoms with Crippen molar-refractivity contribution in [1.82, 2.24) is 10.4 Å². The molecule has 0 saturated carbocycles. The first-order chi connectivity index (χ1) is 8.54. The summed E-state index contributed by atoms with van der Waals surface area (Å²) in [4.78, 5) is 48.5. The predicted molar refractivity (Wildman–Crippen MR) is 52.4 cm³/mol. The fraction of sp³-hybridized carbons (Fsp3) is 0.556. The Bertz CT molecular complexity index is 356. The first-order valence-corrected chi connectivity index (χ1v) is 5.02. The van der Waals surface area contributed by atoms with Gasteiger partial charge in [0.1, 0.15) is 0 Å². The van der Waals surface area contributed by atoms with Crippen LogP contribution in [0.2, 0.25) is 0 Å². The first-order valence-electron chi connectivity index (χ1n) is 5.43. The zero-order valence-electron chi connectivity index (χ0n) is 9.93. The fourth-order valence-corrected chi connectivity index (χ4v) is 1.23. The Morgan fingerprint density at radius 2 is 2.06 bits per heavy atom. The Hall–Kier alpha value is -2.12. The summed E-state index contributed by atoms with van der Waals surface area (Å²) in [5.41, 5.74) is 0. The normalized spacial score (nSPS) is 15.5. The fourth-order valence-electron chi connectivity index (χ4n) is 1.23. The quantitative estimate of drug-likeness (QED) is 0.505. The van der Waals surface area contributed by atoms with Gasteiger partial charge in [-0.3, -0.25) is 9.59 Å². The van der Waals surface area contributed by atoms with Crippen molar-refractivity contribution in [3.63, 3.8) is 0 Å². The van der Waals surface area contributed by atoms with Crippen molar-refractivity contribution in [2.45, 2.75) is 25.7 Å². The Kier molecular flexibility index (Phi) is 3.90. The number of carbonyl (C=O) groups excluding carboxylic acids is 3. The summed E-state index contributed by atoms with van der Waals surface area (Å²) in [5.74, 6) is -1.81. The number of hydroxylamine groups is 2. The summed E-state index contributed by atoms with van der Waals surface area (Å²) in [7, 11) is 0. The van der Waals surface area contributed by atoms with E-state index >= 15 is 0 Å². The minimum atomic E-state index is -0.923. The van der Waals surface area contributed by atoms with Gasteiger partial charge in [-0.2, -0.15) is 0 Å². The van der Waals surface area contributed by atoms with Crippen LogP contribution >= 0.6 is 0 Å². The third-order valence-corrected chi connectivity index (χ3v) is 2.03. The summed E-state index contributed by atoms with van der Waals surface area (Å²) >= 11 is 0. The van der Waals surface area contributed by atoms with Crippen LogP contribution < -0.4 is 5.32 Å². The van der Waals surface area contributed by atoms with Crippen molar-refractivity contribution >= 4 is 23.9 Å². The Morgan fingerprint density at radius 1 is 1.41 bits per heavy atom. The third kappa shape index (κ3) is 4.09. The minimum absolute atomic E-state index is 0.0447. The maximum Gasteiger partial charge on any atom is 0.404 e. The van der Waals surface area contributed by atoms with Crippen molar-refractivity contribution in [3.8, 4) is 0 Å². The van der Waals surface area contributed by atoms with E-state index in [9.17, 15) is 19.2 Å². The Balaban J connectivity index is 2.20. The van der Waals surface area contributed by atoms with Crippen LogP contribution in [-0.2, 0) is 19.2 Å². The molecule has 0 aliphatic carbocycles. The van der Waals surface area contributed by atoms with E-state index in [0.29, 0.717) is 5.06 Å². The highest BCUT2D eigenvalue weighted by atomic mass is 16.7. The average Bonchev–Trinajstić information content (AvgIpc) is 2.66. The summed E-state index contributed by atoms with van der Waals surface area (Å²) < 4.78 is 6.24.